The molecular formula is C24H34O. The van der Waals surface area contributed by atoms with Crippen molar-refractivity contribution in [1.82, 2.24) is 0 Å². The van der Waals surface area contributed by atoms with Crippen LogP contribution in [0.5, 0.6) is 0 Å². The molecule has 2 aliphatic carbocycles. The van der Waals surface area contributed by atoms with Crippen LogP contribution in [0.15, 0.2) is 53.6 Å². The molecule has 2 fully saturated rings. The second-order valence-corrected chi connectivity index (χ2v) is 8.45. The molecule has 3 atom stereocenters. The Morgan fingerprint density at radius 2 is 1.96 bits per heavy atom. The highest BCUT2D eigenvalue weighted by atomic mass is 16.3. The van der Waals surface area contributed by atoms with Crippen LogP contribution in [0.2, 0.25) is 0 Å². The van der Waals surface area contributed by atoms with Gasteiger partial charge in [0.1, 0.15) is 0 Å². The summed E-state index contributed by atoms with van der Waals surface area (Å²) in [5.74, 6) is 0.574. The van der Waals surface area contributed by atoms with Crippen molar-refractivity contribution in [2.75, 3.05) is 0 Å². The highest BCUT2D eigenvalue weighted by molar-refractivity contribution is 5.41. The molecule has 1 N–H and O–H groups in total. The van der Waals surface area contributed by atoms with E-state index in [1.165, 1.54) is 24.8 Å². The van der Waals surface area contributed by atoms with E-state index in [1.54, 1.807) is 11.1 Å². The standard InChI is InChI=1S/C24H34O/c1-4-10-20-13-9-14-21-18-23(3,25)15-16-24(21,22(20)5-2)17-19-11-7-6-8-12-19/h5-8,10-12,21,25H,4,9,13-18H2,1-3H3. The maximum Gasteiger partial charge on any atom is 0.0623 e. The molecule has 0 amide bonds. The summed E-state index contributed by atoms with van der Waals surface area (Å²) in [6.07, 6.45) is 13.7. The Hall–Kier alpha value is -1.34. The summed E-state index contributed by atoms with van der Waals surface area (Å²) >= 11 is 0. The third kappa shape index (κ3) is 3.77. The molecule has 0 aromatic heterocycles. The molecule has 1 heteroatoms. The van der Waals surface area contributed by atoms with Gasteiger partial charge >= 0.3 is 0 Å². The van der Waals surface area contributed by atoms with E-state index in [0.29, 0.717) is 5.92 Å². The normalized spacial score (nSPS) is 36.2. The van der Waals surface area contributed by atoms with E-state index >= 15 is 0 Å². The van der Waals surface area contributed by atoms with Crippen LogP contribution >= 0.6 is 0 Å². The molecule has 3 unspecified atom stereocenters. The smallest absolute Gasteiger partial charge is 0.0623 e. The maximum absolute atomic E-state index is 10.8. The maximum atomic E-state index is 10.8. The molecule has 0 spiro atoms. The number of hydrogen-bond donors (Lipinski definition) is 1. The lowest BCUT2D eigenvalue weighted by Crippen LogP contribution is -2.46. The number of benzene rings is 1. The first-order valence-corrected chi connectivity index (χ1v) is 10.1. The third-order valence-electron chi connectivity index (χ3n) is 6.56. The van der Waals surface area contributed by atoms with Crippen molar-refractivity contribution in [2.45, 2.75) is 77.7 Å². The van der Waals surface area contributed by atoms with Gasteiger partial charge in [0.25, 0.3) is 0 Å². The van der Waals surface area contributed by atoms with Crippen molar-refractivity contribution in [2.24, 2.45) is 11.3 Å². The molecule has 2 saturated carbocycles. The highest BCUT2D eigenvalue weighted by Crippen LogP contribution is 2.57. The van der Waals surface area contributed by atoms with Gasteiger partial charge in [-0.2, -0.15) is 0 Å². The van der Waals surface area contributed by atoms with Crippen molar-refractivity contribution in [3.8, 4) is 0 Å². The molecule has 2 aliphatic rings. The average molecular weight is 339 g/mol. The zero-order valence-electron chi connectivity index (χ0n) is 16.2. The monoisotopic (exact) mass is 338 g/mol. The van der Waals surface area contributed by atoms with E-state index in [1.807, 2.05) is 6.92 Å². The van der Waals surface area contributed by atoms with Crippen LogP contribution in [0.25, 0.3) is 0 Å². The summed E-state index contributed by atoms with van der Waals surface area (Å²) in [6.45, 7) is 6.52. The summed E-state index contributed by atoms with van der Waals surface area (Å²) in [5, 5.41) is 10.8. The Bertz CT molecular complexity index is 637. The van der Waals surface area contributed by atoms with E-state index in [0.717, 1.165) is 32.1 Å². The van der Waals surface area contributed by atoms with Gasteiger partial charge in [-0.05, 0) is 87.8 Å². The highest BCUT2D eigenvalue weighted by Gasteiger charge is 2.49. The van der Waals surface area contributed by atoms with Crippen molar-refractivity contribution < 1.29 is 5.11 Å². The lowest BCUT2D eigenvalue weighted by atomic mass is 9.55. The molecular weight excluding hydrogens is 304 g/mol. The first kappa shape index (κ1) is 18.5. The second kappa shape index (κ2) is 7.50. The Morgan fingerprint density at radius 1 is 1.20 bits per heavy atom. The number of allylic oxidation sites excluding steroid dienone is 4. The molecule has 136 valence electrons. The van der Waals surface area contributed by atoms with Gasteiger partial charge in [0, 0.05) is 5.41 Å². The summed E-state index contributed by atoms with van der Waals surface area (Å²) in [4.78, 5) is 0. The van der Waals surface area contributed by atoms with Crippen LogP contribution in [0.3, 0.4) is 0 Å². The fraction of sp³-hybridized carbons (Fsp3) is 0.583. The SMILES string of the molecule is CC=C1C(=CCC)CCCC2CC(C)(O)CCC12Cc1ccccc1. The molecule has 3 rings (SSSR count). The van der Waals surface area contributed by atoms with Gasteiger partial charge in [-0.1, -0.05) is 49.4 Å². The topological polar surface area (TPSA) is 20.2 Å². The molecule has 0 radical (unpaired) electrons. The van der Waals surface area contributed by atoms with Gasteiger partial charge in [0.15, 0.2) is 0 Å². The molecule has 0 bridgehead atoms. The van der Waals surface area contributed by atoms with Crippen LogP contribution in [-0.4, -0.2) is 10.7 Å². The molecule has 0 aliphatic heterocycles. The summed E-state index contributed by atoms with van der Waals surface area (Å²) in [6, 6.07) is 11.0. The number of hydrogen-bond acceptors (Lipinski definition) is 1. The van der Waals surface area contributed by atoms with Crippen LogP contribution in [-0.2, 0) is 6.42 Å². The Balaban J connectivity index is 2.07. The predicted octanol–water partition coefficient (Wildman–Crippen LogP) is 6.23. The lowest BCUT2D eigenvalue weighted by Gasteiger charge is -2.50. The lowest BCUT2D eigenvalue weighted by molar-refractivity contribution is -0.0455. The predicted molar refractivity (Wildman–Crippen MR) is 107 cm³/mol. The first-order chi connectivity index (χ1) is 12.0. The molecule has 0 heterocycles. The number of aliphatic hydroxyl groups is 1. The molecule has 1 aromatic carbocycles. The van der Waals surface area contributed by atoms with Gasteiger partial charge in [0.05, 0.1) is 5.60 Å². The first-order valence-electron chi connectivity index (χ1n) is 10.1. The minimum Gasteiger partial charge on any atom is -0.390 e. The Kier molecular flexibility index (Phi) is 5.53. The summed E-state index contributed by atoms with van der Waals surface area (Å²) < 4.78 is 0. The average Bonchev–Trinajstić information content (AvgIpc) is 2.72. The van der Waals surface area contributed by atoms with Crippen molar-refractivity contribution in [1.29, 1.82) is 0 Å². The molecule has 0 saturated heterocycles. The van der Waals surface area contributed by atoms with E-state index < -0.39 is 5.60 Å². The van der Waals surface area contributed by atoms with Gasteiger partial charge in [-0.25, -0.2) is 0 Å². The van der Waals surface area contributed by atoms with Gasteiger partial charge < -0.3 is 5.11 Å². The quantitative estimate of drug-likeness (QED) is 0.692. The number of fused-ring (bicyclic) bond motifs is 1. The Labute approximate surface area is 153 Å². The number of rotatable bonds is 3. The van der Waals surface area contributed by atoms with E-state index in [4.69, 9.17) is 0 Å². The van der Waals surface area contributed by atoms with E-state index in [2.05, 4.69) is 56.3 Å². The van der Waals surface area contributed by atoms with Gasteiger partial charge in [-0.3, -0.25) is 0 Å². The Morgan fingerprint density at radius 3 is 2.64 bits per heavy atom. The van der Waals surface area contributed by atoms with Crippen molar-refractivity contribution in [3.05, 3.63) is 59.2 Å². The van der Waals surface area contributed by atoms with Crippen LogP contribution < -0.4 is 0 Å². The largest absolute Gasteiger partial charge is 0.390 e. The van der Waals surface area contributed by atoms with Crippen molar-refractivity contribution >= 4 is 0 Å². The van der Waals surface area contributed by atoms with Gasteiger partial charge in [0.2, 0.25) is 0 Å². The molecule has 1 aromatic rings. The zero-order valence-corrected chi connectivity index (χ0v) is 16.2. The summed E-state index contributed by atoms with van der Waals surface area (Å²) in [7, 11) is 0. The van der Waals surface area contributed by atoms with Crippen LogP contribution in [0, 0.1) is 11.3 Å². The fourth-order valence-electron chi connectivity index (χ4n) is 5.47. The van der Waals surface area contributed by atoms with Crippen molar-refractivity contribution in [3.63, 3.8) is 0 Å². The minimum absolute atomic E-state index is 0.190. The summed E-state index contributed by atoms with van der Waals surface area (Å²) in [5.41, 5.74) is 4.28. The van der Waals surface area contributed by atoms with Crippen LogP contribution in [0.1, 0.15) is 71.3 Å². The van der Waals surface area contributed by atoms with E-state index in [-0.39, 0.29) is 5.41 Å². The molecule has 1 nitrogen and oxygen atoms in total. The third-order valence-corrected chi connectivity index (χ3v) is 6.56. The molecule has 25 heavy (non-hydrogen) atoms. The van der Waals surface area contributed by atoms with Gasteiger partial charge in [-0.15, -0.1) is 0 Å². The minimum atomic E-state index is -0.497. The zero-order chi connectivity index (χ0) is 17.9. The van der Waals surface area contributed by atoms with E-state index in [9.17, 15) is 5.11 Å². The van der Waals surface area contributed by atoms with Crippen LogP contribution in [0.4, 0.5) is 0 Å². The second-order valence-electron chi connectivity index (χ2n) is 8.45. The fourth-order valence-corrected chi connectivity index (χ4v) is 5.47.